The second-order valence-corrected chi connectivity index (χ2v) is 8.98. The molecule has 0 aromatic carbocycles. The fourth-order valence-corrected chi connectivity index (χ4v) is 3.56. The first kappa shape index (κ1) is 22.5. The molecule has 0 aromatic rings. The average molecular weight is 373 g/mol. The summed E-state index contributed by atoms with van der Waals surface area (Å²) in [4.78, 5) is 28.6. The molecule has 0 bridgehead atoms. The highest BCUT2D eigenvalue weighted by molar-refractivity contribution is 5.70. The van der Waals surface area contributed by atoms with Crippen LogP contribution >= 0.6 is 0 Å². The molecular formula is C18H35N3O5. The molecule has 2 amide bonds. The SMILES string of the molecule is CC(C)(C)N(C(=O)O)C(N1CCC(CCO)CC1)N(C(=O)O)C(C)(C)C. The first-order valence-electron chi connectivity index (χ1n) is 9.20. The van der Waals surface area contributed by atoms with E-state index in [0.717, 1.165) is 19.3 Å². The van der Waals surface area contributed by atoms with E-state index in [9.17, 15) is 19.8 Å². The van der Waals surface area contributed by atoms with Gasteiger partial charge in [0.05, 0.1) is 0 Å². The van der Waals surface area contributed by atoms with Crippen LogP contribution in [0.25, 0.3) is 0 Å². The molecule has 152 valence electrons. The van der Waals surface area contributed by atoms with Crippen LogP contribution in [0.3, 0.4) is 0 Å². The van der Waals surface area contributed by atoms with Crippen molar-refractivity contribution in [2.75, 3.05) is 19.7 Å². The normalized spacial score (nSPS) is 17.4. The first-order valence-corrected chi connectivity index (χ1v) is 9.20. The van der Waals surface area contributed by atoms with E-state index < -0.39 is 29.6 Å². The zero-order valence-corrected chi connectivity index (χ0v) is 16.9. The van der Waals surface area contributed by atoms with Crippen molar-refractivity contribution >= 4 is 12.2 Å². The van der Waals surface area contributed by atoms with Gasteiger partial charge in [-0.1, -0.05) is 0 Å². The number of nitrogens with zero attached hydrogens (tertiary/aromatic N) is 3. The lowest BCUT2D eigenvalue weighted by Gasteiger charge is -2.53. The molecule has 8 heteroatoms. The van der Waals surface area contributed by atoms with Gasteiger partial charge < -0.3 is 15.3 Å². The maximum absolute atomic E-state index is 12.1. The molecule has 1 saturated heterocycles. The van der Waals surface area contributed by atoms with Crippen molar-refractivity contribution in [3.8, 4) is 0 Å². The minimum atomic E-state index is -1.14. The lowest BCUT2D eigenvalue weighted by Crippen LogP contribution is -2.69. The summed E-state index contributed by atoms with van der Waals surface area (Å²) in [5.41, 5.74) is -1.53. The number of rotatable bonds is 5. The van der Waals surface area contributed by atoms with Crippen molar-refractivity contribution in [2.45, 2.75) is 78.2 Å². The highest BCUT2D eigenvalue weighted by Crippen LogP contribution is 2.31. The smallest absolute Gasteiger partial charge is 0.410 e. The Bertz CT molecular complexity index is 458. The van der Waals surface area contributed by atoms with Gasteiger partial charge in [-0.2, -0.15) is 0 Å². The fraction of sp³-hybridized carbons (Fsp3) is 0.889. The minimum Gasteiger partial charge on any atom is -0.465 e. The molecule has 3 N–H and O–H groups in total. The molecule has 0 unspecified atom stereocenters. The van der Waals surface area contributed by atoms with Crippen LogP contribution in [0.4, 0.5) is 9.59 Å². The van der Waals surface area contributed by atoms with Crippen LogP contribution in [0.5, 0.6) is 0 Å². The topological polar surface area (TPSA) is 105 Å². The zero-order chi connectivity index (χ0) is 20.3. The highest BCUT2D eigenvalue weighted by atomic mass is 16.4. The molecule has 0 saturated carbocycles. The molecule has 0 aliphatic carbocycles. The number of likely N-dealkylation sites (tertiary alicyclic amines) is 1. The second kappa shape index (κ2) is 8.43. The number of amides is 2. The minimum absolute atomic E-state index is 0.139. The lowest BCUT2D eigenvalue weighted by molar-refractivity contribution is -0.115. The summed E-state index contributed by atoms with van der Waals surface area (Å²) in [6, 6.07) is 0. The van der Waals surface area contributed by atoms with E-state index in [1.54, 1.807) is 41.5 Å². The number of aliphatic hydroxyl groups excluding tert-OH is 1. The van der Waals surface area contributed by atoms with Crippen LogP contribution < -0.4 is 0 Å². The summed E-state index contributed by atoms with van der Waals surface area (Å²) in [5.74, 6) is 0.387. The van der Waals surface area contributed by atoms with Gasteiger partial charge in [0.25, 0.3) is 0 Å². The number of carbonyl (C=O) groups is 2. The van der Waals surface area contributed by atoms with Gasteiger partial charge in [0.1, 0.15) is 0 Å². The molecule has 0 radical (unpaired) electrons. The number of hydrogen-bond acceptors (Lipinski definition) is 4. The van der Waals surface area contributed by atoms with Crippen LogP contribution in [0.1, 0.15) is 60.8 Å². The van der Waals surface area contributed by atoms with Crippen LogP contribution in [0.15, 0.2) is 0 Å². The third kappa shape index (κ3) is 5.48. The summed E-state index contributed by atoms with van der Waals surface area (Å²) in [6.45, 7) is 12.0. The van der Waals surface area contributed by atoms with E-state index in [0.29, 0.717) is 19.0 Å². The predicted octanol–water partition coefficient (Wildman–Crippen LogP) is 2.92. The number of hydrogen-bond donors (Lipinski definition) is 3. The molecule has 0 atom stereocenters. The van der Waals surface area contributed by atoms with Crippen molar-refractivity contribution in [3.05, 3.63) is 0 Å². The average Bonchev–Trinajstić information content (AvgIpc) is 2.44. The Balaban J connectivity index is 3.29. The maximum Gasteiger partial charge on any atom is 0.410 e. The molecular weight excluding hydrogens is 338 g/mol. The molecule has 26 heavy (non-hydrogen) atoms. The Morgan fingerprint density at radius 1 is 0.962 bits per heavy atom. The summed E-state index contributed by atoms with van der Waals surface area (Å²) >= 11 is 0. The van der Waals surface area contributed by atoms with E-state index in [1.165, 1.54) is 9.80 Å². The van der Waals surface area contributed by atoms with E-state index in [2.05, 4.69) is 0 Å². The molecule has 8 nitrogen and oxygen atoms in total. The number of carboxylic acid groups (broad SMARTS) is 2. The van der Waals surface area contributed by atoms with Crippen LogP contribution in [-0.2, 0) is 0 Å². The van der Waals surface area contributed by atoms with E-state index in [-0.39, 0.29) is 6.61 Å². The molecule has 0 spiro atoms. The second-order valence-electron chi connectivity index (χ2n) is 8.98. The number of piperidine rings is 1. The van der Waals surface area contributed by atoms with Crippen LogP contribution in [0.2, 0.25) is 0 Å². The summed E-state index contributed by atoms with van der Waals surface area (Å²) < 4.78 is 0. The summed E-state index contributed by atoms with van der Waals surface area (Å²) in [5, 5.41) is 28.9. The van der Waals surface area contributed by atoms with Gasteiger partial charge in [0.15, 0.2) is 6.29 Å². The van der Waals surface area contributed by atoms with E-state index in [4.69, 9.17) is 5.11 Å². The van der Waals surface area contributed by atoms with Crippen molar-refractivity contribution < 1.29 is 24.9 Å². The van der Waals surface area contributed by atoms with E-state index in [1.807, 2.05) is 4.90 Å². The van der Waals surface area contributed by atoms with Crippen molar-refractivity contribution in [2.24, 2.45) is 5.92 Å². The van der Waals surface area contributed by atoms with Crippen molar-refractivity contribution in [1.29, 1.82) is 0 Å². The zero-order valence-electron chi connectivity index (χ0n) is 16.9. The van der Waals surface area contributed by atoms with Crippen LogP contribution in [0, 0.1) is 5.92 Å². The predicted molar refractivity (Wildman–Crippen MR) is 99.0 cm³/mol. The maximum atomic E-state index is 12.1. The van der Waals surface area contributed by atoms with Gasteiger partial charge in [0.2, 0.25) is 0 Å². The van der Waals surface area contributed by atoms with Gasteiger partial charge in [-0.05, 0) is 66.7 Å². The Morgan fingerprint density at radius 3 is 1.62 bits per heavy atom. The van der Waals surface area contributed by atoms with Gasteiger partial charge in [-0.3, -0.25) is 14.7 Å². The fourth-order valence-electron chi connectivity index (χ4n) is 3.56. The Morgan fingerprint density at radius 2 is 1.35 bits per heavy atom. The van der Waals surface area contributed by atoms with Gasteiger partial charge >= 0.3 is 12.2 Å². The molecule has 1 aliphatic rings. The highest BCUT2D eigenvalue weighted by Gasteiger charge is 2.46. The van der Waals surface area contributed by atoms with Crippen molar-refractivity contribution in [3.63, 3.8) is 0 Å². The van der Waals surface area contributed by atoms with Gasteiger partial charge in [-0.25, -0.2) is 9.59 Å². The van der Waals surface area contributed by atoms with Crippen LogP contribution in [-0.4, -0.2) is 79.3 Å². The van der Waals surface area contributed by atoms with Gasteiger partial charge in [-0.15, -0.1) is 0 Å². The van der Waals surface area contributed by atoms with Crippen molar-refractivity contribution in [1.82, 2.24) is 14.7 Å². The third-order valence-corrected chi connectivity index (χ3v) is 4.83. The largest absolute Gasteiger partial charge is 0.465 e. The first-order chi connectivity index (χ1) is 11.8. The quantitative estimate of drug-likeness (QED) is 0.640. The number of aliphatic hydroxyl groups is 1. The molecule has 1 fully saturated rings. The standard InChI is InChI=1S/C18H35N3O5/c1-17(2,3)20(15(23)24)14(21(16(25)26)18(4,5)6)19-10-7-13(8-11-19)9-12-22/h13-14,22H,7-12H2,1-6H3,(H,23,24)(H,25,26). The Labute approximate surface area is 156 Å². The third-order valence-electron chi connectivity index (χ3n) is 4.83. The molecule has 1 aliphatic heterocycles. The molecule has 1 rings (SSSR count). The molecule has 1 heterocycles. The Kier molecular flexibility index (Phi) is 7.30. The Hall–Kier alpha value is -1.54. The lowest BCUT2D eigenvalue weighted by atomic mass is 9.93. The molecule has 0 aromatic heterocycles. The van der Waals surface area contributed by atoms with E-state index >= 15 is 0 Å². The van der Waals surface area contributed by atoms with Gasteiger partial charge in [0, 0.05) is 30.8 Å². The summed E-state index contributed by atoms with van der Waals surface area (Å²) in [7, 11) is 0. The summed E-state index contributed by atoms with van der Waals surface area (Å²) in [6.07, 6.45) is -0.841. The monoisotopic (exact) mass is 373 g/mol.